The van der Waals surface area contributed by atoms with Gasteiger partial charge in [0, 0.05) is 16.7 Å². The maximum Gasteiger partial charge on any atom is 0.164 e. The first-order chi connectivity index (χ1) is 24.7. The van der Waals surface area contributed by atoms with Gasteiger partial charge in [-0.05, 0) is 90.3 Å². The van der Waals surface area contributed by atoms with Gasteiger partial charge in [0.05, 0.1) is 0 Å². The summed E-state index contributed by atoms with van der Waals surface area (Å²) in [6.07, 6.45) is 0. The van der Waals surface area contributed by atoms with Gasteiger partial charge in [-0.1, -0.05) is 152 Å². The second-order valence-corrected chi connectivity index (χ2v) is 12.9. The Morgan fingerprint density at radius 3 is 1.40 bits per heavy atom. The molecule has 0 spiro atoms. The van der Waals surface area contributed by atoms with Gasteiger partial charge in [-0.25, -0.2) is 15.0 Å². The zero-order chi connectivity index (χ0) is 33.0. The molecule has 3 nitrogen and oxygen atoms in total. The summed E-state index contributed by atoms with van der Waals surface area (Å²) in [5, 5.41) is 4.93. The molecule has 3 heteroatoms. The Hall–Kier alpha value is -6.71. The molecule has 9 aromatic rings. The van der Waals surface area contributed by atoms with Crippen LogP contribution in [0.2, 0.25) is 0 Å². The number of aromatic nitrogens is 3. The lowest BCUT2D eigenvalue weighted by molar-refractivity contribution is 1.07. The molecule has 0 saturated heterocycles. The van der Waals surface area contributed by atoms with Crippen molar-refractivity contribution in [1.29, 1.82) is 0 Å². The van der Waals surface area contributed by atoms with Gasteiger partial charge in [0.15, 0.2) is 17.5 Å². The fourth-order valence-corrected chi connectivity index (χ4v) is 7.34. The molecule has 0 aliphatic heterocycles. The van der Waals surface area contributed by atoms with Crippen LogP contribution < -0.4 is 0 Å². The van der Waals surface area contributed by atoms with Crippen LogP contribution in [0, 0.1) is 0 Å². The van der Waals surface area contributed by atoms with Crippen molar-refractivity contribution in [1.82, 2.24) is 15.0 Å². The summed E-state index contributed by atoms with van der Waals surface area (Å²) >= 11 is 0. The first-order valence-corrected chi connectivity index (χ1v) is 16.9. The maximum absolute atomic E-state index is 5.02. The van der Waals surface area contributed by atoms with Gasteiger partial charge in [-0.15, -0.1) is 0 Å². The average Bonchev–Trinajstić information content (AvgIpc) is 3.52. The third kappa shape index (κ3) is 4.79. The predicted molar refractivity (Wildman–Crippen MR) is 206 cm³/mol. The monoisotopic (exact) mass is 635 g/mol. The van der Waals surface area contributed by atoms with Gasteiger partial charge >= 0.3 is 0 Å². The molecule has 1 aliphatic rings. The van der Waals surface area contributed by atoms with Crippen LogP contribution in [0.25, 0.3) is 100 Å². The van der Waals surface area contributed by atoms with Gasteiger partial charge in [0.1, 0.15) is 0 Å². The zero-order valence-corrected chi connectivity index (χ0v) is 27.1. The molecule has 0 bridgehead atoms. The number of nitrogens with zero attached hydrogens (tertiary/aromatic N) is 3. The Balaban J connectivity index is 1.04. The van der Waals surface area contributed by atoms with Crippen LogP contribution in [0.3, 0.4) is 0 Å². The lowest BCUT2D eigenvalue weighted by Gasteiger charge is -2.11. The summed E-state index contributed by atoms with van der Waals surface area (Å²) in [6.45, 7) is 0. The second-order valence-electron chi connectivity index (χ2n) is 12.9. The number of benzene rings is 8. The molecule has 50 heavy (non-hydrogen) atoms. The number of rotatable bonds is 5. The second kappa shape index (κ2) is 11.5. The molecule has 0 N–H and O–H groups in total. The van der Waals surface area contributed by atoms with Crippen molar-refractivity contribution >= 4 is 21.5 Å². The summed E-state index contributed by atoms with van der Waals surface area (Å²) in [5.41, 5.74) is 12.9. The van der Waals surface area contributed by atoms with Crippen LogP contribution in [0.5, 0.6) is 0 Å². The summed E-state index contributed by atoms with van der Waals surface area (Å²) in [6, 6.07) is 62.3. The predicted octanol–water partition coefficient (Wildman–Crippen LogP) is 12.2. The molecule has 0 atom stereocenters. The molecular weight excluding hydrogens is 607 g/mol. The van der Waals surface area contributed by atoms with E-state index >= 15 is 0 Å². The molecule has 0 fully saturated rings. The summed E-state index contributed by atoms with van der Waals surface area (Å²) in [5.74, 6) is 1.96. The first kappa shape index (κ1) is 28.3. The number of hydrogen-bond acceptors (Lipinski definition) is 3. The lowest BCUT2D eigenvalue weighted by Crippen LogP contribution is -2.00. The Bertz CT molecular complexity index is 2730. The van der Waals surface area contributed by atoms with E-state index in [4.69, 9.17) is 15.0 Å². The van der Waals surface area contributed by atoms with E-state index in [0.29, 0.717) is 17.5 Å². The molecule has 0 saturated carbocycles. The molecule has 232 valence electrons. The van der Waals surface area contributed by atoms with Crippen LogP contribution in [-0.2, 0) is 0 Å². The standard InChI is InChI=1S/C47H29N3/c1-3-10-30(11-4-1)31-18-20-33(21-19-31)46-48-45(32-12-5-2-6-13-32)49-47(50-46)38-25-24-34-26-36(23-22-35(34)27-38)39-28-37-14-9-17-42-40-15-7-8-16-41(40)43(29-39)44(37)42/h1-29H. The van der Waals surface area contributed by atoms with E-state index in [9.17, 15) is 0 Å². The Morgan fingerprint density at radius 1 is 0.240 bits per heavy atom. The SMILES string of the molecule is c1ccc(-c2ccc(-c3nc(-c4ccccc4)nc(-c4ccc5cc(-c6cc7c8c(cccc8c6)-c6ccccc6-7)ccc5c4)n3)cc2)cc1. The van der Waals surface area contributed by atoms with Gasteiger partial charge < -0.3 is 0 Å². The van der Waals surface area contributed by atoms with E-state index in [-0.39, 0.29) is 0 Å². The van der Waals surface area contributed by atoms with Crippen molar-refractivity contribution in [2.24, 2.45) is 0 Å². The van der Waals surface area contributed by atoms with Crippen molar-refractivity contribution < 1.29 is 0 Å². The van der Waals surface area contributed by atoms with E-state index in [1.54, 1.807) is 0 Å². The molecule has 0 radical (unpaired) electrons. The minimum absolute atomic E-state index is 0.651. The van der Waals surface area contributed by atoms with Crippen LogP contribution in [0.4, 0.5) is 0 Å². The highest BCUT2D eigenvalue weighted by molar-refractivity contribution is 6.16. The van der Waals surface area contributed by atoms with Gasteiger partial charge in [0.25, 0.3) is 0 Å². The number of hydrogen-bond donors (Lipinski definition) is 0. The molecule has 1 heterocycles. The largest absolute Gasteiger partial charge is 0.208 e. The topological polar surface area (TPSA) is 38.7 Å². The number of fused-ring (bicyclic) bond motifs is 4. The average molecular weight is 636 g/mol. The Labute approximate surface area is 290 Å². The summed E-state index contributed by atoms with van der Waals surface area (Å²) in [4.78, 5) is 14.9. The molecule has 8 aromatic carbocycles. The minimum atomic E-state index is 0.651. The first-order valence-electron chi connectivity index (χ1n) is 16.9. The quantitative estimate of drug-likeness (QED) is 0.189. The Kier molecular flexibility index (Phi) is 6.49. The smallest absolute Gasteiger partial charge is 0.164 e. The van der Waals surface area contributed by atoms with Crippen LogP contribution >= 0.6 is 0 Å². The molecule has 1 aliphatic carbocycles. The van der Waals surface area contributed by atoms with Crippen LogP contribution in [-0.4, -0.2) is 15.0 Å². The summed E-state index contributed by atoms with van der Waals surface area (Å²) in [7, 11) is 0. The minimum Gasteiger partial charge on any atom is -0.208 e. The molecular formula is C47H29N3. The molecule has 1 aromatic heterocycles. The van der Waals surface area contributed by atoms with Crippen molar-refractivity contribution in [2.75, 3.05) is 0 Å². The summed E-state index contributed by atoms with van der Waals surface area (Å²) < 4.78 is 0. The van der Waals surface area contributed by atoms with Crippen molar-refractivity contribution in [3.8, 4) is 78.7 Å². The van der Waals surface area contributed by atoms with E-state index in [1.165, 1.54) is 55.1 Å². The normalized spacial score (nSPS) is 11.6. The Morgan fingerprint density at radius 2 is 0.700 bits per heavy atom. The zero-order valence-electron chi connectivity index (χ0n) is 27.1. The van der Waals surface area contributed by atoms with Crippen molar-refractivity contribution in [2.45, 2.75) is 0 Å². The van der Waals surface area contributed by atoms with E-state index in [1.807, 2.05) is 36.4 Å². The molecule has 0 unspecified atom stereocenters. The highest BCUT2D eigenvalue weighted by Crippen LogP contribution is 2.48. The van der Waals surface area contributed by atoms with Gasteiger partial charge in [0.2, 0.25) is 0 Å². The molecule has 10 rings (SSSR count). The van der Waals surface area contributed by atoms with Crippen LogP contribution in [0.1, 0.15) is 0 Å². The van der Waals surface area contributed by atoms with E-state index in [2.05, 4.69) is 140 Å². The fourth-order valence-electron chi connectivity index (χ4n) is 7.34. The van der Waals surface area contributed by atoms with E-state index < -0.39 is 0 Å². The highest BCUT2D eigenvalue weighted by atomic mass is 15.0. The third-order valence-corrected chi connectivity index (χ3v) is 9.83. The van der Waals surface area contributed by atoms with Crippen molar-refractivity contribution in [3.63, 3.8) is 0 Å². The van der Waals surface area contributed by atoms with Crippen molar-refractivity contribution in [3.05, 3.63) is 176 Å². The third-order valence-electron chi connectivity index (χ3n) is 9.83. The highest BCUT2D eigenvalue weighted by Gasteiger charge is 2.21. The fraction of sp³-hybridized carbons (Fsp3) is 0. The maximum atomic E-state index is 5.02. The van der Waals surface area contributed by atoms with Gasteiger partial charge in [-0.3, -0.25) is 0 Å². The lowest BCUT2D eigenvalue weighted by atomic mass is 9.94. The van der Waals surface area contributed by atoms with Crippen LogP contribution in [0.15, 0.2) is 176 Å². The van der Waals surface area contributed by atoms with E-state index in [0.717, 1.165) is 27.6 Å². The van der Waals surface area contributed by atoms with Gasteiger partial charge in [-0.2, -0.15) is 0 Å². The molecule has 0 amide bonds.